The summed E-state index contributed by atoms with van der Waals surface area (Å²) in [6.45, 7) is 8.64. The molecule has 2 aromatic rings. The number of hydrogen-bond donors (Lipinski definition) is 1. The van der Waals surface area contributed by atoms with Crippen molar-refractivity contribution in [2.45, 2.75) is 31.0 Å². The van der Waals surface area contributed by atoms with Gasteiger partial charge in [-0.15, -0.1) is 0 Å². The van der Waals surface area contributed by atoms with Crippen molar-refractivity contribution in [3.05, 3.63) is 18.6 Å². The third-order valence-corrected chi connectivity index (χ3v) is 3.55. The molecule has 0 saturated heterocycles. The zero-order chi connectivity index (χ0) is 15.1. The molecule has 0 aliphatic carbocycles. The van der Waals surface area contributed by atoms with Crippen molar-refractivity contribution in [3.8, 4) is 0 Å². The Morgan fingerprint density at radius 1 is 1.14 bits per heavy atom. The van der Waals surface area contributed by atoms with Gasteiger partial charge in [0.15, 0.2) is 0 Å². The molecule has 0 saturated carbocycles. The smallest absolute Gasteiger partial charge is 0.231 e. The summed E-state index contributed by atoms with van der Waals surface area (Å²) in [6.07, 6.45) is 3.22. The topological polar surface area (TPSA) is 79.7 Å². The molecule has 112 valence electrons. The van der Waals surface area contributed by atoms with E-state index in [1.165, 1.54) is 18.1 Å². The summed E-state index contributed by atoms with van der Waals surface area (Å²) in [5.41, 5.74) is 0. The standard InChI is InChI=1S/C13H19N7S/c1-4-15-11-17-12(20(5-2)6-3)19-13(18-11)21-10-7-8-14-9-16-10/h7-9H,4-6H2,1-3H3,(H,15,17,18,19). The Labute approximate surface area is 128 Å². The fraction of sp³-hybridized carbons (Fsp3) is 0.462. The third-order valence-electron chi connectivity index (χ3n) is 2.73. The molecule has 0 bridgehead atoms. The van der Waals surface area contributed by atoms with Crippen molar-refractivity contribution in [2.24, 2.45) is 0 Å². The Morgan fingerprint density at radius 2 is 1.95 bits per heavy atom. The molecule has 8 heteroatoms. The second-order valence-electron chi connectivity index (χ2n) is 4.09. The van der Waals surface area contributed by atoms with E-state index in [9.17, 15) is 0 Å². The zero-order valence-corrected chi connectivity index (χ0v) is 13.3. The highest BCUT2D eigenvalue weighted by molar-refractivity contribution is 7.99. The Balaban J connectivity index is 2.30. The summed E-state index contributed by atoms with van der Waals surface area (Å²) in [7, 11) is 0. The molecule has 0 fully saturated rings. The predicted molar refractivity (Wildman–Crippen MR) is 83.7 cm³/mol. The van der Waals surface area contributed by atoms with Crippen molar-refractivity contribution < 1.29 is 0 Å². The van der Waals surface area contributed by atoms with Crippen LogP contribution in [-0.2, 0) is 0 Å². The van der Waals surface area contributed by atoms with Crippen molar-refractivity contribution >= 4 is 23.7 Å². The van der Waals surface area contributed by atoms with Crippen LogP contribution in [0.4, 0.5) is 11.9 Å². The van der Waals surface area contributed by atoms with E-state index in [1.54, 1.807) is 6.20 Å². The minimum atomic E-state index is 0.589. The summed E-state index contributed by atoms with van der Waals surface area (Å²) in [5.74, 6) is 1.27. The van der Waals surface area contributed by atoms with Gasteiger partial charge in [-0.05, 0) is 38.6 Å². The van der Waals surface area contributed by atoms with Gasteiger partial charge in [0.2, 0.25) is 17.1 Å². The zero-order valence-electron chi connectivity index (χ0n) is 12.4. The van der Waals surface area contributed by atoms with Crippen molar-refractivity contribution in [3.63, 3.8) is 0 Å². The van der Waals surface area contributed by atoms with Crippen LogP contribution >= 0.6 is 11.8 Å². The molecule has 0 atom stereocenters. The lowest BCUT2D eigenvalue weighted by atomic mass is 10.5. The Bertz CT molecular complexity index is 560. The molecule has 0 amide bonds. The molecule has 2 heterocycles. The average Bonchev–Trinajstić information content (AvgIpc) is 2.50. The van der Waals surface area contributed by atoms with Gasteiger partial charge in [-0.3, -0.25) is 0 Å². The highest BCUT2D eigenvalue weighted by atomic mass is 32.2. The van der Waals surface area contributed by atoms with E-state index in [0.717, 1.165) is 24.7 Å². The van der Waals surface area contributed by atoms with Gasteiger partial charge >= 0.3 is 0 Å². The Hall–Kier alpha value is -1.96. The largest absolute Gasteiger partial charge is 0.354 e. The van der Waals surface area contributed by atoms with Crippen LogP contribution in [0.3, 0.4) is 0 Å². The van der Waals surface area contributed by atoms with Crippen molar-refractivity contribution in [1.29, 1.82) is 0 Å². The molecule has 0 unspecified atom stereocenters. The lowest BCUT2D eigenvalue weighted by molar-refractivity contribution is 0.782. The maximum absolute atomic E-state index is 4.52. The third kappa shape index (κ3) is 4.25. The quantitative estimate of drug-likeness (QED) is 0.779. The first-order valence-electron chi connectivity index (χ1n) is 6.95. The molecule has 0 aliphatic rings. The van der Waals surface area contributed by atoms with Gasteiger partial charge in [-0.1, -0.05) is 0 Å². The van der Waals surface area contributed by atoms with E-state index in [0.29, 0.717) is 17.1 Å². The first-order chi connectivity index (χ1) is 10.3. The van der Waals surface area contributed by atoms with Crippen LogP contribution in [0.2, 0.25) is 0 Å². The summed E-state index contributed by atoms with van der Waals surface area (Å²) in [6, 6.07) is 1.83. The molecule has 0 spiro atoms. The molecule has 7 nitrogen and oxygen atoms in total. The maximum atomic E-state index is 4.52. The van der Waals surface area contributed by atoms with Gasteiger partial charge < -0.3 is 10.2 Å². The van der Waals surface area contributed by atoms with E-state index in [4.69, 9.17) is 0 Å². The molecule has 2 rings (SSSR count). The van der Waals surface area contributed by atoms with Crippen LogP contribution in [0.5, 0.6) is 0 Å². The van der Waals surface area contributed by atoms with Gasteiger partial charge in [-0.2, -0.15) is 15.0 Å². The fourth-order valence-electron chi connectivity index (χ4n) is 1.71. The van der Waals surface area contributed by atoms with E-state index < -0.39 is 0 Å². The number of aromatic nitrogens is 5. The summed E-state index contributed by atoms with van der Waals surface area (Å²) >= 11 is 1.40. The Morgan fingerprint density at radius 3 is 2.57 bits per heavy atom. The van der Waals surface area contributed by atoms with Crippen LogP contribution in [0.1, 0.15) is 20.8 Å². The number of nitrogens with one attached hydrogen (secondary N) is 1. The van der Waals surface area contributed by atoms with Gasteiger partial charge in [0.1, 0.15) is 11.4 Å². The van der Waals surface area contributed by atoms with E-state index in [2.05, 4.69) is 49.0 Å². The SMILES string of the molecule is CCNc1nc(Sc2ccncn2)nc(N(CC)CC)n1. The minimum Gasteiger partial charge on any atom is -0.354 e. The number of hydrogen-bond acceptors (Lipinski definition) is 8. The molecule has 21 heavy (non-hydrogen) atoms. The molecule has 1 N–H and O–H groups in total. The van der Waals surface area contributed by atoms with Crippen LogP contribution in [0, 0.1) is 0 Å². The van der Waals surface area contributed by atoms with Crippen LogP contribution in [0.15, 0.2) is 28.8 Å². The summed E-state index contributed by atoms with van der Waals surface area (Å²) < 4.78 is 0. The monoisotopic (exact) mass is 305 g/mol. The van der Waals surface area contributed by atoms with Crippen LogP contribution in [0.25, 0.3) is 0 Å². The van der Waals surface area contributed by atoms with Gasteiger partial charge in [0, 0.05) is 25.8 Å². The normalized spacial score (nSPS) is 10.4. The first kappa shape index (κ1) is 15.4. The fourth-order valence-corrected chi connectivity index (χ4v) is 2.38. The number of anilines is 2. The Kier molecular flexibility index (Phi) is 5.68. The molecule has 2 aromatic heterocycles. The highest BCUT2D eigenvalue weighted by Crippen LogP contribution is 2.24. The lowest BCUT2D eigenvalue weighted by Crippen LogP contribution is -2.25. The first-order valence-corrected chi connectivity index (χ1v) is 7.77. The second kappa shape index (κ2) is 7.72. The summed E-state index contributed by atoms with van der Waals surface area (Å²) in [4.78, 5) is 23.6. The van der Waals surface area contributed by atoms with Crippen molar-refractivity contribution in [1.82, 2.24) is 24.9 Å². The second-order valence-corrected chi connectivity index (χ2v) is 5.08. The molecular formula is C13H19N7S. The highest BCUT2D eigenvalue weighted by Gasteiger charge is 2.12. The maximum Gasteiger partial charge on any atom is 0.231 e. The molecule has 0 aliphatic heterocycles. The molecule has 0 aromatic carbocycles. The van der Waals surface area contributed by atoms with Crippen molar-refractivity contribution in [2.75, 3.05) is 29.9 Å². The average molecular weight is 305 g/mol. The van der Waals surface area contributed by atoms with Gasteiger partial charge in [0.05, 0.1) is 0 Å². The number of rotatable bonds is 7. The number of nitrogens with zero attached hydrogens (tertiary/aromatic N) is 6. The lowest BCUT2D eigenvalue weighted by Gasteiger charge is -2.19. The molecule has 0 radical (unpaired) electrons. The predicted octanol–water partition coefficient (Wildman–Crippen LogP) is 2.09. The van der Waals surface area contributed by atoms with Crippen LogP contribution in [-0.4, -0.2) is 44.6 Å². The van der Waals surface area contributed by atoms with Gasteiger partial charge in [0.25, 0.3) is 0 Å². The molecular weight excluding hydrogens is 286 g/mol. The van der Waals surface area contributed by atoms with E-state index in [1.807, 2.05) is 13.0 Å². The van der Waals surface area contributed by atoms with Gasteiger partial charge in [-0.25, -0.2) is 9.97 Å². The summed E-state index contributed by atoms with van der Waals surface area (Å²) in [5, 5.41) is 4.58. The minimum absolute atomic E-state index is 0.589. The van der Waals surface area contributed by atoms with E-state index >= 15 is 0 Å². The van der Waals surface area contributed by atoms with E-state index in [-0.39, 0.29) is 0 Å². The van der Waals surface area contributed by atoms with Crippen LogP contribution < -0.4 is 10.2 Å².